The van der Waals surface area contributed by atoms with Crippen LogP contribution in [0.4, 0.5) is 23.1 Å². The van der Waals surface area contributed by atoms with Gasteiger partial charge in [0.2, 0.25) is 16.0 Å². The van der Waals surface area contributed by atoms with Crippen molar-refractivity contribution in [1.82, 2.24) is 19.9 Å². The van der Waals surface area contributed by atoms with E-state index in [4.69, 9.17) is 0 Å². The highest BCUT2D eigenvalue weighted by atomic mass is 32.2. The van der Waals surface area contributed by atoms with Crippen molar-refractivity contribution in [2.75, 3.05) is 28.2 Å². The summed E-state index contributed by atoms with van der Waals surface area (Å²) >= 11 is 0. The number of nitrogens with zero attached hydrogens (tertiary/aromatic N) is 3. The zero-order valence-corrected chi connectivity index (χ0v) is 17.5. The Bertz CT molecular complexity index is 1110. The van der Waals surface area contributed by atoms with Crippen molar-refractivity contribution in [3.05, 3.63) is 30.6 Å². The summed E-state index contributed by atoms with van der Waals surface area (Å²) in [6.07, 6.45) is 2.61. The molecule has 156 valence electrons. The molecular weight excluding hydrogens is 394 g/mol. The number of hydrogen-bond donors (Lipinski definition) is 5. The summed E-state index contributed by atoms with van der Waals surface area (Å²) < 4.78 is 25.3. The monoisotopic (exact) mass is 419 g/mol. The Morgan fingerprint density at radius 2 is 1.93 bits per heavy atom. The van der Waals surface area contributed by atoms with Crippen LogP contribution in [-0.4, -0.2) is 52.4 Å². The molecule has 0 aliphatic rings. The molecule has 3 aromatic rings. The standard InChI is InChI=1S/C18H25N7O3S/c1-18(2,3)13(9-26)22-16-14-15(20-10-19-14)23-17(24-16)21-11-6-5-7-12(8-11)25-29(4,27)28/h5-8,10,13,25-26H,9H2,1-4H3,(H3,19,20,21,22,23,24)/t13-/m0/s1. The number of benzene rings is 1. The molecule has 0 amide bonds. The van der Waals surface area contributed by atoms with Crippen molar-refractivity contribution >= 4 is 44.3 Å². The maximum Gasteiger partial charge on any atom is 0.231 e. The molecule has 5 N–H and O–H groups in total. The number of aromatic amines is 1. The van der Waals surface area contributed by atoms with Gasteiger partial charge in [-0.15, -0.1) is 0 Å². The van der Waals surface area contributed by atoms with Gasteiger partial charge in [-0.05, 0) is 23.6 Å². The molecule has 0 aliphatic carbocycles. The average molecular weight is 420 g/mol. The average Bonchev–Trinajstić information content (AvgIpc) is 3.06. The van der Waals surface area contributed by atoms with Crippen LogP contribution in [0.1, 0.15) is 20.8 Å². The predicted molar refractivity (Wildman–Crippen MR) is 114 cm³/mol. The number of aliphatic hydroxyl groups is 1. The quantitative estimate of drug-likeness (QED) is 0.392. The molecule has 0 spiro atoms. The number of aliphatic hydroxyl groups excluding tert-OH is 1. The van der Waals surface area contributed by atoms with Gasteiger partial charge in [0.1, 0.15) is 5.52 Å². The smallest absolute Gasteiger partial charge is 0.231 e. The number of hydrogen-bond acceptors (Lipinski definition) is 8. The fourth-order valence-electron chi connectivity index (χ4n) is 2.70. The van der Waals surface area contributed by atoms with Crippen LogP contribution in [0.3, 0.4) is 0 Å². The number of sulfonamides is 1. The minimum Gasteiger partial charge on any atom is -0.394 e. The third-order valence-corrected chi connectivity index (χ3v) is 4.85. The Labute approximate surface area is 169 Å². The minimum atomic E-state index is -3.38. The van der Waals surface area contributed by atoms with Crippen LogP contribution in [0.2, 0.25) is 0 Å². The van der Waals surface area contributed by atoms with Crippen molar-refractivity contribution in [1.29, 1.82) is 0 Å². The number of H-pyrrole nitrogens is 1. The van der Waals surface area contributed by atoms with Crippen LogP contribution in [0.15, 0.2) is 30.6 Å². The Kier molecular flexibility index (Phi) is 5.62. The van der Waals surface area contributed by atoms with E-state index in [1.807, 2.05) is 20.8 Å². The minimum absolute atomic E-state index is 0.0681. The number of anilines is 4. The first kappa shape index (κ1) is 20.8. The first-order valence-corrected chi connectivity index (χ1v) is 10.9. The maximum atomic E-state index is 11.4. The topological polar surface area (TPSA) is 145 Å². The zero-order chi connectivity index (χ0) is 21.2. The Hall–Kier alpha value is -2.92. The molecule has 0 saturated carbocycles. The highest BCUT2D eigenvalue weighted by molar-refractivity contribution is 7.92. The van der Waals surface area contributed by atoms with Gasteiger partial charge in [-0.3, -0.25) is 4.72 Å². The highest BCUT2D eigenvalue weighted by Gasteiger charge is 2.25. The molecule has 0 fully saturated rings. The summed E-state index contributed by atoms with van der Waals surface area (Å²) in [5.41, 5.74) is 1.91. The molecule has 1 atom stereocenters. The lowest BCUT2D eigenvalue weighted by Gasteiger charge is -2.30. The van der Waals surface area contributed by atoms with Gasteiger partial charge >= 0.3 is 0 Å². The van der Waals surface area contributed by atoms with Crippen LogP contribution in [0.5, 0.6) is 0 Å². The lowest BCUT2D eigenvalue weighted by atomic mass is 9.87. The number of aromatic nitrogens is 4. The van der Waals surface area contributed by atoms with Gasteiger partial charge in [0.05, 0.1) is 30.9 Å². The van der Waals surface area contributed by atoms with Crippen molar-refractivity contribution in [3.63, 3.8) is 0 Å². The van der Waals surface area contributed by atoms with Crippen molar-refractivity contribution in [2.45, 2.75) is 26.8 Å². The van der Waals surface area contributed by atoms with Gasteiger partial charge in [-0.2, -0.15) is 9.97 Å². The lowest BCUT2D eigenvalue weighted by molar-refractivity contribution is 0.201. The molecule has 0 saturated heterocycles. The van der Waals surface area contributed by atoms with E-state index in [1.54, 1.807) is 24.3 Å². The SMILES string of the molecule is CC(C)(C)[C@H](CO)Nc1nc(Nc2cccc(NS(C)(=O)=O)c2)nc2[nH]cnc12. The molecule has 11 heteroatoms. The van der Waals surface area contributed by atoms with Gasteiger partial charge in [0, 0.05) is 5.69 Å². The van der Waals surface area contributed by atoms with Crippen LogP contribution < -0.4 is 15.4 Å². The second-order valence-electron chi connectivity index (χ2n) is 7.82. The highest BCUT2D eigenvalue weighted by Crippen LogP contribution is 2.27. The van der Waals surface area contributed by atoms with E-state index in [2.05, 4.69) is 35.3 Å². The fraction of sp³-hybridized carbons (Fsp3) is 0.389. The Balaban J connectivity index is 1.92. The van der Waals surface area contributed by atoms with E-state index in [0.717, 1.165) is 6.26 Å². The second kappa shape index (κ2) is 7.84. The molecular formula is C18H25N7O3S. The zero-order valence-electron chi connectivity index (χ0n) is 16.7. The van der Waals surface area contributed by atoms with E-state index in [1.165, 1.54) is 6.33 Å². The Morgan fingerprint density at radius 3 is 2.59 bits per heavy atom. The Morgan fingerprint density at radius 1 is 1.21 bits per heavy atom. The van der Waals surface area contributed by atoms with Gasteiger partial charge in [0.15, 0.2) is 11.5 Å². The molecule has 0 unspecified atom stereocenters. The van der Waals surface area contributed by atoms with Crippen LogP contribution in [0.25, 0.3) is 11.2 Å². The molecule has 0 bridgehead atoms. The van der Waals surface area contributed by atoms with Gasteiger partial charge in [0.25, 0.3) is 0 Å². The molecule has 1 aromatic carbocycles. The fourth-order valence-corrected chi connectivity index (χ4v) is 3.25. The molecule has 0 radical (unpaired) electrons. The lowest BCUT2D eigenvalue weighted by Crippen LogP contribution is -2.37. The molecule has 29 heavy (non-hydrogen) atoms. The number of imidazole rings is 1. The van der Waals surface area contributed by atoms with E-state index in [-0.39, 0.29) is 18.1 Å². The van der Waals surface area contributed by atoms with Crippen LogP contribution in [-0.2, 0) is 10.0 Å². The second-order valence-corrected chi connectivity index (χ2v) is 9.57. The first-order valence-electron chi connectivity index (χ1n) is 8.98. The molecule has 2 heterocycles. The van der Waals surface area contributed by atoms with Gasteiger partial charge in [-0.1, -0.05) is 26.8 Å². The van der Waals surface area contributed by atoms with Crippen molar-refractivity contribution < 1.29 is 13.5 Å². The van der Waals surface area contributed by atoms with Crippen molar-refractivity contribution in [2.24, 2.45) is 5.41 Å². The number of rotatable bonds is 7. The van der Waals surface area contributed by atoms with Gasteiger partial charge in [-0.25, -0.2) is 13.4 Å². The maximum absolute atomic E-state index is 11.4. The molecule has 0 aliphatic heterocycles. The summed E-state index contributed by atoms with van der Waals surface area (Å²) in [6.45, 7) is 5.98. The summed E-state index contributed by atoms with van der Waals surface area (Å²) in [5.74, 6) is 0.782. The molecule has 2 aromatic heterocycles. The third-order valence-electron chi connectivity index (χ3n) is 4.24. The molecule has 10 nitrogen and oxygen atoms in total. The van der Waals surface area contributed by atoms with E-state index < -0.39 is 10.0 Å². The van der Waals surface area contributed by atoms with Crippen LogP contribution >= 0.6 is 0 Å². The summed E-state index contributed by atoms with van der Waals surface area (Å²) in [5, 5.41) is 16.1. The predicted octanol–water partition coefficient (Wildman–Crippen LogP) is 2.29. The van der Waals surface area contributed by atoms with E-state index in [0.29, 0.717) is 34.3 Å². The van der Waals surface area contributed by atoms with Crippen molar-refractivity contribution in [3.8, 4) is 0 Å². The van der Waals surface area contributed by atoms with E-state index in [9.17, 15) is 13.5 Å². The first-order chi connectivity index (χ1) is 13.5. The normalized spacial score (nSPS) is 13.3. The largest absolute Gasteiger partial charge is 0.394 e. The molecule has 3 rings (SSSR count). The number of fused-ring (bicyclic) bond motifs is 1. The number of nitrogens with one attached hydrogen (secondary N) is 4. The van der Waals surface area contributed by atoms with Gasteiger partial charge < -0.3 is 20.7 Å². The third kappa shape index (κ3) is 5.33. The summed E-state index contributed by atoms with van der Waals surface area (Å²) in [6, 6.07) is 6.53. The summed E-state index contributed by atoms with van der Waals surface area (Å²) in [4.78, 5) is 16.1. The van der Waals surface area contributed by atoms with E-state index >= 15 is 0 Å². The van der Waals surface area contributed by atoms with Crippen LogP contribution in [0, 0.1) is 5.41 Å². The summed E-state index contributed by atoms with van der Waals surface area (Å²) in [7, 11) is -3.38.